The Balaban J connectivity index is 2.54. The Morgan fingerprint density at radius 3 is 2.39 bits per heavy atom. The molecule has 1 atom stereocenters. The first-order chi connectivity index (χ1) is 8.54. The molecule has 0 aromatic heterocycles. The fraction of sp³-hybridized carbons (Fsp3) is 0.500. The summed E-state index contributed by atoms with van der Waals surface area (Å²) in [4.78, 5) is 10.9. The van der Waals surface area contributed by atoms with Crippen LogP contribution in [0.2, 0.25) is 0 Å². The van der Waals surface area contributed by atoms with E-state index in [1.165, 1.54) is 0 Å². The van der Waals surface area contributed by atoms with E-state index in [1.807, 2.05) is 12.1 Å². The van der Waals surface area contributed by atoms with Crippen molar-refractivity contribution in [3.05, 3.63) is 35.4 Å². The van der Waals surface area contributed by atoms with Gasteiger partial charge in [0, 0.05) is 25.3 Å². The molecule has 1 rings (SSSR count). The standard InChI is InChI=1S/C14H22N2O2/c1-10(2)13(9-18-3)16-8-11-4-6-12(7-5-11)14(15)17/h4-7,10,13,16H,8-9H2,1-3H3,(H2,15,17). The van der Waals surface area contributed by atoms with Crippen LogP contribution in [0.25, 0.3) is 0 Å². The molecule has 1 amide bonds. The Bertz CT molecular complexity index is 374. The highest BCUT2D eigenvalue weighted by Gasteiger charge is 2.12. The van der Waals surface area contributed by atoms with E-state index in [2.05, 4.69) is 19.2 Å². The zero-order valence-electron chi connectivity index (χ0n) is 11.3. The van der Waals surface area contributed by atoms with Gasteiger partial charge in [-0.05, 0) is 23.6 Å². The van der Waals surface area contributed by atoms with E-state index in [1.54, 1.807) is 19.2 Å². The van der Waals surface area contributed by atoms with Gasteiger partial charge in [0.15, 0.2) is 0 Å². The molecule has 1 unspecified atom stereocenters. The summed E-state index contributed by atoms with van der Waals surface area (Å²) >= 11 is 0. The van der Waals surface area contributed by atoms with Crippen LogP contribution in [0.3, 0.4) is 0 Å². The predicted octanol–water partition coefficient (Wildman–Crippen LogP) is 1.55. The van der Waals surface area contributed by atoms with Crippen LogP contribution in [0.4, 0.5) is 0 Å². The molecule has 4 heteroatoms. The Kier molecular flexibility index (Phi) is 5.82. The van der Waals surface area contributed by atoms with Crippen molar-refractivity contribution in [2.24, 2.45) is 11.7 Å². The summed E-state index contributed by atoms with van der Waals surface area (Å²) in [6.07, 6.45) is 0. The minimum Gasteiger partial charge on any atom is -0.383 e. The van der Waals surface area contributed by atoms with Crippen LogP contribution < -0.4 is 11.1 Å². The summed E-state index contributed by atoms with van der Waals surface area (Å²) in [5.41, 5.74) is 6.86. The third kappa shape index (κ3) is 4.47. The number of methoxy groups -OCH3 is 1. The van der Waals surface area contributed by atoms with E-state index in [-0.39, 0.29) is 0 Å². The minimum absolute atomic E-state index is 0.325. The number of amides is 1. The van der Waals surface area contributed by atoms with Crippen molar-refractivity contribution in [1.82, 2.24) is 5.32 Å². The largest absolute Gasteiger partial charge is 0.383 e. The molecule has 0 fully saturated rings. The second-order valence-corrected chi connectivity index (χ2v) is 4.75. The molecule has 1 aromatic rings. The number of carbonyl (C=O) groups excluding carboxylic acids is 1. The number of nitrogens with two attached hydrogens (primary N) is 1. The van der Waals surface area contributed by atoms with Gasteiger partial charge in [0.05, 0.1) is 6.61 Å². The highest BCUT2D eigenvalue weighted by molar-refractivity contribution is 5.92. The van der Waals surface area contributed by atoms with Gasteiger partial charge in [0.2, 0.25) is 5.91 Å². The van der Waals surface area contributed by atoms with Crippen molar-refractivity contribution < 1.29 is 9.53 Å². The Morgan fingerprint density at radius 2 is 1.94 bits per heavy atom. The number of carbonyl (C=O) groups is 1. The lowest BCUT2D eigenvalue weighted by Gasteiger charge is -2.21. The van der Waals surface area contributed by atoms with E-state index in [4.69, 9.17) is 10.5 Å². The number of hydrogen-bond donors (Lipinski definition) is 2. The lowest BCUT2D eigenvalue weighted by atomic mass is 10.0. The number of rotatable bonds is 7. The highest BCUT2D eigenvalue weighted by atomic mass is 16.5. The first-order valence-corrected chi connectivity index (χ1v) is 6.15. The van der Waals surface area contributed by atoms with E-state index in [0.717, 1.165) is 12.1 Å². The molecular formula is C14H22N2O2. The molecule has 18 heavy (non-hydrogen) atoms. The topological polar surface area (TPSA) is 64.3 Å². The van der Waals surface area contributed by atoms with Crippen molar-refractivity contribution >= 4 is 5.91 Å². The molecule has 0 saturated carbocycles. The molecule has 0 aliphatic rings. The molecule has 3 N–H and O–H groups in total. The van der Waals surface area contributed by atoms with Crippen LogP contribution in [0.15, 0.2) is 24.3 Å². The molecule has 0 radical (unpaired) electrons. The summed E-state index contributed by atoms with van der Waals surface area (Å²) in [5.74, 6) is 0.115. The molecule has 0 spiro atoms. The molecule has 4 nitrogen and oxygen atoms in total. The summed E-state index contributed by atoms with van der Waals surface area (Å²) < 4.78 is 5.18. The fourth-order valence-corrected chi connectivity index (χ4v) is 1.70. The van der Waals surface area contributed by atoms with Gasteiger partial charge in [-0.2, -0.15) is 0 Å². The molecular weight excluding hydrogens is 228 g/mol. The summed E-state index contributed by atoms with van der Waals surface area (Å²) in [6, 6.07) is 7.65. The van der Waals surface area contributed by atoms with Crippen molar-refractivity contribution in [1.29, 1.82) is 0 Å². The maximum absolute atomic E-state index is 10.9. The first-order valence-electron chi connectivity index (χ1n) is 6.15. The SMILES string of the molecule is COCC(NCc1ccc(C(N)=O)cc1)C(C)C. The van der Waals surface area contributed by atoms with Crippen LogP contribution in [-0.4, -0.2) is 25.7 Å². The molecule has 0 aliphatic carbocycles. The third-order valence-corrected chi connectivity index (χ3v) is 2.96. The molecule has 0 bridgehead atoms. The lowest BCUT2D eigenvalue weighted by molar-refractivity contribution is 0.100. The van der Waals surface area contributed by atoms with Crippen molar-refractivity contribution in [3.8, 4) is 0 Å². The van der Waals surface area contributed by atoms with Gasteiger partial charge in [-0.25, -0.2) is 0 Å². The smallest absolute Gasteiger partial charge is 0.248 e. The zero-order valence-corrected chi connectivity index (χ0v) is 11.3. The normalized spacial score (nSPS) is 12.7. The molecule has 0 aliphatic heterocycles. The number of primary amides is 1. The molecule has 100 valence electrons. The van der Waals surface area contributed by atoms with Crippen molar-refractivity contribution in [3.63, 3.8) is 0 Å². The van der Waals surface area contributed by atoms with Crippen molar-refractivity contribution in [2.45, 2.75) is 26.4 Å². The van der Waals surface area contributed by atoms with E-state index in [9.17, 15) is 4.79 Å². The lowest BCUT2D eigenvalue weighted by Crippen LogP contribution is -2.37. The molecule has 0 heterocycles. The Hall–Kier alpha value is -1.39. The molecule has 1 aromatic carbocycles. The van der Waals surface area contributed by atoms with Crippen LogP contribution in [0.1, 0.15) is 29.8 Å². The van der Waals surface area contributed by atoms with Gasteiger partial charge in [-0.1, -0.05) is 26.0 Å². The fourth-order valence-electron chi connectivity index (χ4n) is 1.70. The number of benzene rings is 1. The number of ether oxygens (including phenoxy) is 1. The Labute approximate surface area is 109 Å². The highest BCUT2D eigenvalue weighted by Crippen LogP contribution is 2.07. The van der Waals surface area contributed by atoms with E-state index < -0.39 is 5.91 Å². The second kappa shape index (κ2) is 7.13. The van der Waals surface area contributed by atoms with Gasteiger partial charge in [0.1, 0.15) is 0 Å². The van der Waals surface area contributed by atoms with Crippen molar-refractivity contribution in [2.75, 3.05) is 13.7 Å². The van der Waals surface area contributed by atoms with E-state index >= 15 is 0 Å². The average molecular weight is 250 g/mol. The van der Waals surface area contributed by atoms with Crippen LogP contribution in [0, 0.1) is 5.92 Å². The Morgan fingerprint density at radius 1 is 1.33 bits per heavy atom. The maximum atomic E-state index is 10.9. The summed E-state index contributed by atoms with van der Waals surface area (Å²) in [5, 5.41) is 3.44. The van der Waals surface area contributed by atoms with Gasteiger partial charge < -0.3 is 15.8 Å². The monoisotopic (exact) mass is 250 g/mol. The summed E-state index contributed by atoms with van der Waals surface area (Å²) in [6.45, 7) is 5.77. The van der Waals surface area contributed by atoms with Gasteiger partial charge >= 0.3 is 0 Å². The quantitative estimate of drug-likeness (QED) is 0.771. The van der Waals surface area contributed by atoms with Gasteiger partial charge in [-0.15, -0.1) is 0 Å². The maximum Gasteiger partial charge on any atom is 0.248 e. The van der Waals surface area contributed by atoms with Gasteiger partial charge in [0.25, 0.3) is 0 Å². The van der Waals surface area contributed by atoms with Crippen LogP contribution in [0.5, 0.6) is 0 Å². The average Bonchev–Trinajstić information content (AvgIpc) is 2.34. The summed E-state index contributed by atoms with van der Waals surface area (Å²) in [7, 11) is 1.71. The van der Waals surface area contributed by atoms with Gasteiger partial charge in [-0.3, -0.25) is 4.79 Å². The van der Waals surface area contributed by atoms with Crippen LogP contribution >= 0.6 is 0 Å². The predicted molar refractivity (Wildman–Crippen MR) is 72.3 cm³/mol. The second-order valence-electron chi connectivity index (χ2n) is 4.75. The van der Waals surface area contributed by atoms with E-state index in [0.29, 0.717) is 24.1 Å². The van der Waals surface area contributed by atoms with Crippen LogP contribution in [-0.2, 0) is 11.3 Å². The number of hydrogen-bond acceptors (Lipinski definition) is 3. The molecule has 0 saturated heterocycles. The number of nitrogens with one attached hydrogen (secondary N) is 1. The first kappa shape index (κ1) is 14.7. The third-order valence-electron chi connectivity index (χ3n) is 2.96. The minimum atomic E-state index is -0.394. The zero-order chi connectivity index (χ0) is 13.5.